The van der Waals surface area contributed by atoms with Crippen LogP contribution in [0.25, 0.3) is 10.8 Å². The summed E-state index contributed by atoms with van der Waals surface area (Å²) in [4.78, 5) is 0. The highest BCUT2D eigenvalue weighted by atomic mass is 16.3. The molecule has 0 aromatic heterocycles. The Labute approximate surface area is 124 Å². The SMILES string of the molecule is Cc1ccc(C(O)C2Cc3ccccc32)c2ccccc12. The monoisotopic (exact) mass is 274 g/mol. The number of hydrogen-bond acceptors (Lipinski definition) is 1. The van der Waals surface area contributed by atoms with E-state index in [0.29, 0.717) is 0 Å². The molecule has 4 rings (SSSR count). The summed E-state index contributed by atoms with van der Waals surface area (Å²) >= 11 is 0. The molecule has 2 unspecified atom stereocenters. The fraction of sp³-hybridized carbons (Fsp3) is 0.200. The summed E-state index contributed by atoms with van der Waals surface area (Å²) in [5.74, 6) is 0.229. The number of benzene rings is 3. The summed E-state index contributed by atoms with van der Waals surface area (Å²) in [6.07, 6.45) is 0.546. The van der Waals surface area contributed by atoms with Crippen LogP contribution in [-0.4, -0.2) is 5.11 Å². The Bertz CT molecular complexity index is 819. The van der Waals surface area contributed by atoms with Crippen LogP contribution in [0.2, 0.25) is 0 Å². The first-order valence-corrected chi connectivity index (χ1v) is 7.50. The maximum Gasteiger partial charge on any atom is 0.0867 e. The lowest BCUT2D eigenvalue weighted by Crippen LogP contribution is -2.23. The molecule has 1 N–H and O–H groups in total. The molecule has 0 spiro atoms. The molecular formula is C20H18O. The van der Waals surface area contributed by atoms with Gasteiger partial charge in [0.1, 0.15) is 0 Å². The van der Waals surface area contributed by atoms with E-state index in [1.54, 1.807) is 0 Å². The Morgan fingerprint density at radius 1 is 0.905 bits per heavy atom. The largest absolute Gasteiger partial charge is 0.388 e. The van der Waals surface area contributed by atoms with Gasteiger partial charge in [0.2, 0.25) is 0 Å². The zero-order chi connectivity index (χ0) is 14.4. The minimum Gasteiger partial charge on any atom is -0.388 e. The summed E-state index contributed by atoms with van der Waals surface area (Å²) in [5.41, 5.74) is 4.99. The number of aryl methyl sites for hydroxylation is 1. The molecule has 0 heterocycles. The predicted molar refractivity (Wildman–Crippen MR) is 86.5 cm³/mol. The second-order valence-electron chi connectivity index (χ2n) is 5.97. The van der Waals surface area contributed by atoms with Crippen molar-refractivity contribution >= 4 is 10.8 Å². The van der Waals surface area contributed by atoms with Crippen LogP contribution in [0, 0.1) is 6.92 Å². The maximum atomic E-state index is 10.9. The zero-order valence-corrected chi connectivity index (χ0v) is 12.1. The van der Waals surface area contributed by atoms with Gasteiger partial charge in [0.05, 0.1) is 6.10 Å². The lowest BCUT2D eigenvalue weighted by molar-refractivity contribution is 0.136. The van der Waals surface area contributed by atoms with Crippen molar-refractivity contribution < 1.29 is 5.11 Å². The lowest BCUT2D eigenvalue weighted by atomic mass is 9.72. The second kappa shape index (κ2) is 4.71. The van der Waals surface area contributed by atoms with E-state index in [2.05, 4.69) is 61.5 Å². The van der Waals surface area contributed by atoms with Crippen LogP contribution in [0.3, 0.4) is 0 Å². The van der Waals surface area contributed by atoms with Crippen LogP contribution in [-0.2, 0) is 6.42 Å². The summed E-state index contributed by atoms with van der Waals surface area (Å²) in [5, 5.41) is 13.3. The first kappa shape index (κ1) is 12.6. The van der Waals surface area contributed by atoms with Crippen molar-refractivity contribution in [2.45, 2.75) is 25.4 Å². The highest BCUT2D eigenvalue weighted by molar-refractivity contribution is 5.89. The Balaban J connectivity index is 1.80. The fourth-order valence-corrected chi connectivity index (χ4v) is 3.53. The smallest absolute Gasteiger partial charge is 0.0867 e. The van der Waals surface area contributed by atoms with Crippen molar-refractivity contribution in [2.75, 3.05) is 0 Å². The van der Waals surface area contributed by atoms with Gasteiger partial charge in [-0.1, -0.05) is 60.7 Å². The van der Waals surface area contributed by atoms with Gasteiger partial charge in [-0.2, -0.15) is 0 Å². The van der Waals surface area contributed by atoms with E-state index < -0.39 is 6.10 Å². The van der Waals surface area contributed by atoms with Crippen molar-refractivity contribution in [3.05, 3.63) is 82.9 Å². The molecule has 0 bridgehead atoms. The van der Waals surface area contributed by atoms with Crippen LogP contribution < -0.4 is 0 Å². The molecule has 0 amide bonds. The van der Waals surface area contributed by atoms with Crippen LogP contribution in [0.5, 0.6) is 0 Å². The van der Waals surface area contributed by atoms with Gasteiger partial charge < -0.3 is 5.11 Å². The van der Waals surface area contributed by atoms with Crippen LogP contribution in [0.1, 0.15) is 34.3 Å². The van der Waals surface area contributed by atoms with Gasteiger partial charge in [0, 0.05) is 5.92 Å². The standard InChI is InChI=1S/C20H18O/c1-13-10-11-18(17-9-5-4-7-15(13)17)20(21)19-12-14-6-2-3-8-16(14)19/h2-11,19-21H,12H2,1H3. The van der Waals surface area contributed by atoms with E-state index in [1.165, 1.54) is 27.5 Å². The molecular weight excluding hydrogens is 256 g/mol. The van der Waals surface area contributed by atoms with Crippen molar-refractivity contribution in [3.63, 3.8) is 0 Å². The first-order valence-electron chi connectivity index (χ1n) is 7.50. The molecule has 0 saturated heterocycles. The molecule has 0 radical (unpaired) electrons. The number of fused-ring (bicyclic) bond motifs is 2. The third kappa shape index (κ3) is 1.89. The molecule has 1 heteroatoms. The van der Waals surface area contributed by atoms with Crippen molar-refractivity contribution in [1.82, 2.24) is 0 Å². The second-order valence-corrected chi connectivity index (χ2v) is 5.97. The van der Waals surface area contributed by atoms with Crippen molar-refractivity contribution in [2.24, 2.45) is 0 Å². The van der Waals surface area contributed by atoms with Gasteiger partial charge in [-0.15, -0.1) is 0 Å². The third-order valence-corrected chi connectivity index (χ3v) is 4.77. The quantitative estimate of drug-likeness (QED) is 0.728. The Morgan fingerprint density at radius 3 is 2.43 bits per heavy atom. The molecule has 1 aliphatic carbocycles. The number of aliphatic hydroxyl groups excluding tert-OH is 1. The first-order chi connectivity index (χ1) is 10.3. The minimum absolute atomic E-state index is 0.229. The average molecular weight is 274 g/mol. The number of hydrogen-bond donors (Lipinski definition) is 1. The van der Waals surface area contributed by atoms with Gasteiger partial charge in [0.25, 0.3) is 0 Å². The maximum absolute atomic E-state index is 10.9. The lowest BCUT2D eigenvalue weighted by Gasteiger charge is -2.34. The average Bonchev–Trinajstić information content (AvgIpc) is 2.49. The molecule has 0 fully saturated rings. The molecule has 3 aromatic carbocycles. The Kier molecular flexibility index (Phi) is 2.83. The van der Waals surface area contributed by atoms with Crippen molar-refractivity contribution in [3.8, 4) is 0 Å². The molecule has 1 aliphatic rings. The summed E-state index contributed by atoms with van der Waals surface area (Å²) in [6.45, 7) is 2.12. The molecule has 21 heavy (non-hydrogen) atoms. The highest BCUT2D eigenvalue weighted by Gasteiger charge is 2.33. The zero-order valence-electron chi connectivity index (χ0n) is 12.1. The number of aliphatic hydroxyl groups is 1. The van der Waals surface area contributed by atoms with E-state index in [9.17, 15) is 5.11 Å². The van der Waals surface area contributed by atoms with Gasteiger partial charge in [-0.05, 0) is 46.4 Å². The normalized spacial score (nSPS) is 18.1. The van der Waals surface area contributed by atoms with E-state index in [-0.39, 0.29) is 5.92 Å². The van der Waals surface area contributed by atoms with Crippen LogP contribution in [0.15, 0.2) is 60.7 Å². The van der Waals surface area contributed by atoms with E-state index in [0.717, 1.165) is 12.0 Å². The minimum atomic E-state index is -0.426. The van der Waals surface area contributed by atoms with Gasteiger partial charge in [-0.25, -0.2) is 0 Å². The molecule has 0 saturated carbocycles. The highest BCUT2D eigenvalue weighted by Crippen LogP contribution is 2.44. The summed E-state index contributed by atoms with van der Waals surface area (Å²) in [6, 6.07) is 21.0. The molecule has 3 aromatic rings. The molecule has 104 valence electrons. The van der Waals surface area contributed by atoms with Gasteiger partial charge >= 0.3 is 0 Å². The Morgan fingerprint density at radius 2 is 1.62 bits per heavy atom. The van der Waals surface area contributed by atoms with Crippen LogP contribution >= 0.6 is 0 Å². The van der Waals surface area contributed by atoms with Crippen LogP contribution in [0.4, 0.5) is 0 Å². The van der Waals surface area contributed by atoms with E-state index >= 15 is 0 Å². The number of rotatable bonds is 2. The van der Waals surface area contributed by atoms with E-state index in [4.69, 9.17) is 0 Å². The Hall–Kier alpha value is -2.12. The molecule has 2 atom stereocenters. The fourth-order valence-electron chi connectivity index (χ4n) is 3.53. The molecule has 1 nitrogen and oxygen atoms in total. The topological polar surface area (TPSA) is 20.2 Å². The van der Waals surface area contributed by atoms with Gasteiger partial charge in [-0.3, -0.25) is 0 Å². The van der Waals surface area contributed by atoms with E-state index in [1.807, 2.05) is 6.07 Å². The van der Waals surface area contributed by atoms with Gasteiger partial charge in [0.15, 0.2) is 0 Å². The third-order valence-electron chi connectivity index (χ3n) is 4.77. The predicted octanol–water partition coefficient (Wildman–Crippen LogP) is 4.52. The summed E-state index contributed by atoms with van der Waals surface area (Å²) < 4.78 is 0. The van der Waals surface area contributed by atoms with Crippen molar-refractivity contribution in [1.29, 1.82) is 0 Å². The molecule has 0 aliphatic heterocycles. The summed E-state index contributed by atoms with van der Waals surface area (Å²) in [7, 11) is 0.